The summed E-state index contributed by atoms with van der Waals surface area (Å²) in [7, 11) is -3.80. The highest BCUT2D eigenvalue weighted by molar-refractivity contribution is 7.92. The van der Waals surface area contributed by atoms with E-state index in [0.29, 0.717) is 11.1 Å². The summed E-state index contributed by atoms with van der Waals surface area (Å²) >= 11 is 0.998. The van der Waals surface area contributed by atoms with Gasteiger partial charge in [-0.25, -0.2) is 13.2 Å². The summed E-state index contributed by atoms with van der Waals surface area (Å²) < 4.78 is 27.1. The summed E-state index contributed by atoms with van der Waals surface area (Å²) in [5, 5.41) is 10.7. The van der Waals surface area contributed by atoms with Crippen molar-refractivity contribution in [3.8, 4) is 0 Å². The number of carbonyl (C=O) groups is 1. The van der Waals surface area contributed by atoms with Gasteiger partial charge in [-0.1, -0.05) is 18.2 Å². The minimum Gasteiger partial charge on any atom is -0.477 e. The number of nitrogens with one attached hydrogen (secondary N) is 1. The summed E-state index contributed by atoms with van der Waals surface area (Å²) in [5.74, 6) is -1.15. The van der Waals surface area contributed by atoms with Crippen molar-refractivity contribution in [2.24, 2.45) is 0 Å². The van der Waals surface area contributed by atoms with Crippen LogP contribution in [0.1, 0.15) is 20.8 Å². The molecule has 20 heavy (non-hydrogen) atoms. The highest BCUT2D eigenvalue weighted by atomic mass is 32.2. The van der Waals surface area contributed by atoms with Crippen molar-refractivity contribution in [1.29, 1.82) is 0 Å². The maximum absolute atomic E-state index is 12.3. The van der Waals surface area contributed by atoms with Gasteiger partial charge in [-0.05, 0) is 36.4 Å². The fraction of sp³-hybridized carbons (Fsp3) is 0.154. The van der Waals surface area contributed by atoms with Crippen LogP contribution in [0.15, 0.2) is 34.5 Å². The molecular formula is C13H13NO4S2. The topological polar surface area (TPSA) is 83.5 Å². The molecule has 0 atom stereocenters. The first-order valence-electron chi connectivity index (χ1n) is 5.73. The number of sulfonamides is 1. The maximum atomic E-state index is 12.3. The Labute approximate surface area is 120 Å². The first kappa shape index (κ1) is 14.5. The molecule has 1 aromatic carbocycles. The van der Waals surface area contributed by atoms with Crippen LogP contribution in [0, 0.1) is 13.8 Å². The van der Waals surface area contributed by atoms with E-state index in [0.717, 1.165) is 11.3 Å². The van der Waals surface area contributed by atoms with Gasteiger partial charge in [-0.2, -0.15) is 0 Å². The lowest BCUT2D eigenvalue weighted by Gasteiger charge is -2.10. The van der Waals surface area contributed by atoms with Gasteiger partial charge in [0, 0.05) is 0 Å². The minimum absolute atomic E-state index is 0.0142. The number of aromatic carboxylic acids is 1. The molecule has 0 aliphatic carbocycles. The number of carboxylic acid groups (broad SMARTS) is 1. The fourth-order valence-electron chi connectivity index (χ4n) is 1.78. The Kier molecular flexibility index (Phi) is 3.82. The van der Waals surface area contributed by atoms with Crippen molar-refractivity contribution in [2.75, 3.05) is 4.72 Å². The first-order valence-corrected chi connectivity index (χ1v) is 8.09. The first-order chi connectivity index (χ1) is 9.33. The lowest BCUT2D eigenvalue weighted by molar-refractivity contribution is 0.0703. The van der Waals surface area contributed by atoms with E-state index in [9.17, 15) is 13.2 Å². The number of carboxylic acids is 1. The molecule has 0 saturated carbocycles. The molecule has 0 radical (unpaired) electrons. The van der Waals surface area contributed by atoms with Gasteiger partial charge in [0.15, 0.2) is 0 Å². The van der Waals surface area contributed by atoms with Gasteiger partial charge in [0.05, 0.1) is 10.6 Å². The summed E-state index contributed by atoms with van der Waals surface area (Å²) in [6.07, 6.45) is 0. The fourth-order valence-corrected chi connectivity index (χ4v) is 4.07. The molecule has 2 aromatic rings. The van der Waals surface area contributed by atoms with Crippen molar-refractivity contribution < 1.29 is 18.3 Å². The highest BCUT2D eigenvalue weighted by Crippen LogP contribution is 2.30. The third-order valence-electron chi connectivity index (χ3n) is 2.79. The van der Waals surface area contributed by atoms with Crippen LogP contribution >= 0.6 is 11.3 Å². The molecule has 1 aromatic heterocycles. The average molecular weight is 311 g/mol. The minimum atomic E-state index is -3.80. The van der Waals surface area contributed by atoms with E-state index >= 15 is 0 Å². The Hall–Kier alpha value is -1.86. The van der Waals surface area contributed by atoms with Crippen LogP contribution in [-0.4, -0.2) is 19.5 Å². The quantitative estimate of drug-likeness (QED) is 0.909. The van der Waals surface area contributed by atoms with Crippen molar-refractivity contribution in [3.63, 3.8) is 0 Å². The van der Waals surface area contributed by atoms with Gasteiger partial charge in [0.1, 0.15) is 4.88 Å². The van der Waals surface area contributed by atoms with Gasteiger partial charge < -0.3 is 5.11 Å². The number of rotatable bonds is 4. The second-order valence-corrected chi connectivity index (χ2v) is 6.83. The normalized spacial score (nSPS) is 11.3. The Morgan fingerprint density at radius 3 is 2.45 bits per heavy atom. The van der Waals surface area contributed by atoms with Gasteiger partial charge >= 0.3 is 5.97 Å². The molecule has 2 N–H and O–H groups in total. The van der Waals surface area contributed by atoms with Crippen molar-refractivity contribution in [2.45, 2.75) is 18.7 Å². The summed E-state index contributed by atoms with van der Waals surface area (Å²) in [6, 6.07) is 6.54. The monoisotopic (exact) mass is 311 g/mol. The predicted molar refractivity (Wildman–Crippen MR) is 78.0 cm³/mol. The lowest BCUT2D eigenvalue weighted by atomic mass is 10.2. The van der Waals surface area contributed by atoms with Crippen molar-refractivity contribution in [1.82, 2.24) is 0 Å². The van der Waals surface area contributed by atoms with Gasteiger partial charge in [0.25, 0.3) is 10.0 Å². The van der Waals surface area contributed by atoms with Crippen LogP contribution < -0.4 is 4.72 Å². The number of anilines is 1. The largest absolute Gasteiger partial charge is 0.477 e. The van der Waals surface area contributed by atoms with Crippen LogP contribution in [0.5, 0.6) is 0 Å². The van der Waals surface area contributed by atoms with Crippen molar-refractivity contribution in [3.05, 3.63) is 45.6 Å². The molecular weight excluding hydrogens is 298 g/mol. The number of aryl methyl sites for hydroxylation is 2. The summed E-state index contributed by atoms with van der Waals surface area (Å²) in [4.78, 5) is 11.2. The van der Waals surface area contributed by atoms with Crippen LogP contribution in [0.2, 0.25) is 0 Å². The molecule has 0 fully saturated rings. The molecule has 5 nitrogen and oxygen atoms in total. The summed E-state index contributed by atoms with van der Waals surface area (Å²) in [6.45, 7) is 3.35. The van der Waals surface area contributed by atoms with E-state index < -0.39 is 16.0 Å². The van der Waals surface area contributed by atoms with E-state index in [4.69, 9.17) is 5.11 Å². The Balaban J connectivity index is 2.47. The van der Waals surface area contributed by atoms with Gasteiger partial charge in [0.2, 0.25) is 0 Å². The third kappa shape index (κ3) is 2.68. The Morgan fingerprint density at radius 2 is 1.85 bits per heavy atom. The SMILES string of the molecule is Cc1ccccc1S(=O)(=O)Nc1c(C)csc1C(=O)O. The van der Waals surface area contributed by atoms with E-state index in [-0.39, 0.29) is 15.5 Å². The van der Waals surface area contributed by atoms with E-state index in [1.807, 2.05) is 0 Å². The third-order valence-corrected chi connectivity index (χ3v) is 5.38. The van der Waals surface area contributed by atoms with Crippen LogP contribution in [0.3, 0.4) is 0 Å². The highest BCUT2D eigenvalue weighted by Gasteiger charge is 2.22. The Bertz CT molecular complexity index is 762. The molecule has 106 valence electrons. The summed E-state index contributed by atoms with van der Waals surface area (Å²) in [5.41, 5.74) is 1.32. The number of thiophene rings is 1. The predicted octanol–water partition coefficient (Wildman–Crippen LogP) is 2.86. The molecule has 0 aliphatic rings. The number of benzene rings is 1. The zero-order chi connectivity index (χ0) is 14.9. The molecule has 1 heterocycles. The standard InChI is InChI=1S/C13H13NO4S2/c1-8-5-3-4-6-10(8)20(17,18)14-11-9(2)7-19-12(11)13(15)16/h3-7,14H,1-2H3,(H,15,16). The molecule has 0 amide bonds. The number of hydrogen-bond donors (Lipinski definition) is 2. The van der Waals surface area contributed by atoms with E-state index in [2.05, 4.69) is 4.72 Å². The van der Waals surface area contributed by atoms with Crippen LogP contribution in [0.4, 0.5) is 5.69 Å². The average Bonchev–Trinajstić information content (AvgIpc) is 2.71. The molecule has 2 rings (SSSR count). The molecule has 0 saturated heterocycles. The second kappa shape index (κ2) is 5.26. The van der Waals surface area contributed by atoms with E-state index in [1.54, 1.807) is 37.4 Å². The molecule has 0 aliphatic heterocycles. The number of hydrogen-bond acceptors (Lipinski definition) is 4. The second-order valence-electron chi connectivity index (χ2n) is 4.30. The van der Waals surface area contributed by atoms with Gasteiger partial charge in [-0.3, -0.25) is 4.72 Å². The molecule has 0 unspecified atom stereocenters. The smallest absolute Gasteiger partial charge is 0.348 e. The zero-order valence-electron chi connectivity index (χ0n) is 10.9. The van der Waals surface area contributed by atoms with Gasteiger partial charge in [-0.15, -0.1) is 11.3 Å². The van der Waals surface area contributed by atoms with Crippen LogP contribution in [0.25, 0.3) is 0 Å². The molecule has 0 bridgehead atoms. The van der Waals surface area contributed by atoms with E-state index in [1.165, 1.54) is 6.07 Å². The lowest BCUT2D eigenvalue weighted by Crippen LogP contribution is -2.16. The Morgan fingerprint density at radius 1 is 1.20 bits per heavy atom. The molecule has 0 spiro atoms. The van der Waals surface area contributed by atoms with Crippen LogP contribution in [-0.2, 0) is 10.0 Å². The van der Waals surface area contributed by atoms with Crippen molar-refractivity contribution >= 4 is 33.0 Å². The maximum Gasteiger partial charge on any atom is 0.348 e. The zero-order valence-corrected chi connectivity index (χ0v) is 12.5. The molecule has 7 heteroatoms.